The molecule has 0 saturated heterocycles. The van der Waals surface area contributed by atoms with E-state index in [0.29, 0.717) is 0 Å². The Kier molecular flexibility index (Phi) is 5.37. The van der Waals surface area contributed by atoms with Crippen molar-refractivity contribution in [3.8, 4) is 0 Å². The van der Waals surface area contributed by atoms with Crippen LogP contribution in [0.3, 0.4) is 0 Å². The van der Waals surface area contributed by atoms with Gasteiger partial charge in [-0.25, -0.2) is 0 Å². The fourth-order valence-electron chi connectivity index (χ4n) is 1.36. The third-order valence-electron chi connectivity index (χ3n) is 2.56. The summed E-state index contributed by atoms with van der Waals surface area (Å²) in [6.45, 7) is 3.90. The second-order valence-corrected chi connectivity index (χ2v) is 4.42. The number of nitrogens with zero attached hydrogens (tertiary/aromatic N) is 1. The minimum absolute atomic E-state index is 0.0131. The van der Waals surface area contributed by atoms with Gasteiger partial charge in [-0.1, -0.05) is 19.1 Å². The first-order valence-electron chi connectivity index (χ1n) is 5.81. The van der Waals surface area contributed by atoms with Gasteiger partial charge >= 0.3 is 0 Å². The van der Waals surface area contributed by atoms with Crippen LogP contribution >= 0.6 is 12.2 Å². The Hall–Kier alpha value is -2.02. The smallest absolute Gasteiger partial charge is 0.282 e. The first-order valence-corrected chi connectivity index (χ1v) is 6.21. The van der Waals surface area contributed by atoms with E-state index in [-0.39, 0.29) is 22.4 Å². The molecule has 7 heteroatoms. The van der Waals surface area contributed by atoms with Crippen molar-refractivity contribution >= 4 is 28.9 Å². The summed E-state index contributed by atoms with van der Waals surface area (Å²) in [7, 11) is 0. The molecule has 0 bridgehead atoms. The van der Waals surface area contributed by atoms with Gasteiger partial charge in [-0.2, -0.15) is 0 Å². The molecule has 1 aromatic carbocycles. The number of benzene rings is 1. The van der Waals surface area contributed by atoms with Crippen molar-refractivity contribution in [3.05, 3.63) is 39.9 Å². The van der Waals surface area contributed by atoms with E-state index in [9.17, 15) is 14.9 Å². The van der Waals surface area contributed by atoms with Crippen molar-refractivity contribution < 1.29 is 9.72 Å². The largest absolute Gasteiger partial charge is 0.360 e. The highest BCUT2D eigenvalue weighted by Crippen LogP contribution is 2.17. The maximum Gasteiger partial charge on any atom is 0.282 e. The van der Waals surface area contributed by atoms with E-state index in [1.807, 2.05) is 13.8 Å². The Bertz CT molecular complexity index is 505. The number of hydrogen-bond donors (Lipinski definition) is 2. The number of carbonyl (C=O) groups excluding carboxylic acids is 1. The maximum absolute atomic E-state index is 11.9. The first kappa shape index (κ1) is 15.0. The number of carbonyl (C=O) groups is 1. The number of nitro benzene ring substituents is 1. The predicted molar refractivity (Wildman–Crippen MR) is 76.0 cm³/mol. The van der Waals surface area contributed by atoms with Crippen LogP contribution in [0.5, 0.6) is 0 Å². The molecular formula is C12H15N3O3S. The number of para-hydroxylation sites is 1. The molecule has 6 nitrogen and oxygen atoms in total. The molecule has 1 unspecified atom stereocenters. The van der Waals surface area contributed by atoms with Crippen molar-refractivity contribution in [2.45, 2.75) is 26.3 Å². The zero-order valence-corrected chi connectivity index (χ0v) is 11.5. The summed E-state index contributed by atoms with van der Waals surface area (Å²) >= 11 is 4.97. The molecule has 0 fully saturated rings. The summed E-state index contributed by atoms with van der Waals surface area (Å²) in [5.41, 5.74) is -0.257. The molecule has 0 aliphatic heterocycles. The molecule has 0 saturated carbocycles. The molecule has 0 spiro atoms. The maximum atomic E-state index is 11.9. The Morgan fingerprint density at radius 3 is 2.68 bits per heavy atom. The van der Waals surface area contributed by atoms with Crippen LogP contribution < -0.4 is 10.6 Å². The lowest BCUT2D eigenvalue weighted by atomic mass is 10.1. The average molecular weight is 281 g/mol. The second kappa shape index (κ2) is 6.79. The number of amides is 1. The van der Waals surface area contributed by atoms with Gasteiger partial charge in [0.15, 0.2) is 5.11 Å². The highest BCUT2D eigenvalue weighted by atomic mass is 32.1. The number of nitrogens with one attached hydrogen (secondary N) is 2. The Labute approximate surface area is 116 Å². The lowest BCUT2D eigenvalue weighted by molar-refractivity contribution is -0.385. The molecular weight excluding hydrogens is 266 g/mol. The molecule has 0 radical (unpaired) electrons. The molecule has 0 aliphatic carbocycles. The third kappa shape index (κ3) is 4.29. The monoisotopic (exact) mass is 281 g/mol. The van der Waals surface area contributed by atoms with Crippen LogP contribution in [0.15, 0.2) is 24.3 Å². The van der Waals surface area contributed by atoms with Crippen molar-refractivity contribution in [2.24, 2.45) is 0 Å². The van der Waals surface area contributed by atoms with Crippen LogP contribution in [0.25, 0.3) is 0 Å². The number of rotatable bonds is 4. The summed E-state index contributed by atoms with van der Waals surface area (Å²) in [6.07, 6.45) is 0.849. The van der Waals surface area contributed by atoms with E-state index in [1.165, 1.54) is 18.2 Å². The Morgan fingerprint density at radius 1 is 1.47 bits per heavy atom. The molecule has 1 atom stereocenters. The highest BCUT2D eigenvalue weighted by molar-refractivity contribution is 7.80. The topological polar surface area (TPSA) is 84.3 Å². The van der Waals surface area contributed by atoms with Crippen molar-refractivity contribution in [1.82, 2.24) is 10.6 Å². The average Bonchev–Trinajstić information content (AvgIpc) is 2.38. The van der Waals surface area contributed by atoms with Gasteiger partial charge in [-0.05, 0) is 31.6 Å². The normalized spacial score (nSPS) is 11.5. The molecule has 1 aromatic rings. The van der Waals surface area contributed by atoms with Crippen molar-refractivity contribution in [3.63, 3.8) is 0 Å². The van der Waals surface area contributed by atoms with Gasteiger partial charge in [0.05, 0.1) is 4.92 Å². The fourth-order valence-corrected chi connectivity index (χ4v) is 1.65. The highest BCUT2D eigenvalue weighted by Gasteiger charge is 2.19. The van der Waals surface area contributed by atoms with Crippen LogP contribution in [-0.4, -0.2) is 22.0 Å². The molecule has 0 aromatic heterocycles. The van der Waals surface area contributed by atoms with E-state index in [2.05, 4.69) is 10.6 Å². The van der Waals surface area contributed by atoms with Gasteiger partial charge in [0.1, 0.15) is 5.56 Å². The van der Waals surface area contributed by atoms with Crippen molar-refractivity contribution in [2.75, 3.05) is 0 Å². The summed E-state index contributed by atoms with van der Waals surface area (Å²) < 4.78 is 0. The van der Waals surface area contributed by atoms with E-state index in [1.54, 1.807) is 6.07 Å². The summed E-state index contributed by atoms with van der Waals surface area (Å²) in [6, 6.07) is 5.86. The molecule has 102 valence electrons. The zero-order valence-electron chi connectivity index (χ0n) is 10.7. The molecule has 1 rings (SSSR count). The molecule has 19 heavy (non-hydrogen) atoms. The minimum atomic E-state index is -0.597. The lowest BCUT2D eigenvalue weighted by Gasteiger charge is -2.14. The van der Waals surface area contributed by atoms with E-state index in [4.69, 9.17) is 12.2 Å². The number of hydrogen-bond acceptors (Lipinski definition) is 4. The van der Waals surface area contributed by atoms with Crippen LogP contribution in [-0.2, 0) is 0 Å². The molecule has 1 amide bonds. The van der Waals surface area contributed by atoms with E-state index < -0.39 is 10.8 Å². The summed E-state index contributed by atoms with van der Waals surface area (Å²) in [5.74, 6) is -0.590. The van der Waals surface area contributed by atoms with Gasteiger partial charge < -0.3 is 5.32 Å². The second-order valence-electron chi connectivity index (χ2n) is 4.01. The molecule has 0 heterocycles. The van der Waals surface area contributed by atoms with Gasteiger partial charge in [-0.3, -0.25) is 20.2 Å². The molecule has 0 aliphatic rings. The van der Waals surface area contributed by atoms with Crippen LogP contribution in [0.2, 0.25) is 0 Å². The van der Waals surface area contributed by atoms with Crippen LogP contribution in [0, 0.1) is 10.1 Å². The van der Waals surface area contributed by atoms with Gasteiger partial charge in [-0.15, -0.1) is 0 Å². The Balaban J connectivity index is 2.79. The van der Waals surface area contributed by atoms with Crippen molar-refractivity contribution in [1.29, 1.82) is 0 Å². The standard InChI is InChI=1S/C12H15N3O3S/c1-3-8(2)13-12(19)14-11(16)9-6-4-5-7-10(9)15(17)18/h4-8H,3H2,1-2H3,(H2,13,14,16,19). The van der Waals surface area contributed by atoms with Gasteiger partial charge in [0.25, 0.3) is 11.6 Å². The fraction of sp³-hybridized carbons (Fsp3) is 0.333. The van der Waals surface area contributed by atoms with E-state index >= 15 is 0 Å². The minimum Gasteiger partial charge on any atom is -0.360 e. The predicted octanol–water partition coefficient (Wildman–Crippen LogP) is 2.00. The third-order valence-corrected chi connectivity index (χ3v) is 2.78. The Morgan fingerprint density at radius 2 is 2.11 bits per heavy atom. The number of nitro groups is 1. The van der Waals surface area contributed by atoms with Gasteiger partial charge in [0.2, 0.25) is 0 Å². The summed E-state index contributed by atoms with van der Waals surface area (Å²) in [5, 5.41) is 16.3. The van der Waals surface area contributed by atoms with Crippen LogP contribution in [0.1, 0.15) is 30.6 Å². The number of thiocarbonyl (C=S) groups is 1. The quantitative estimate of drug-likeness (QED) is 0.501. The SMILES string of the molecule is CCC(C)NC(=S)NC(=O)c1ccccc1[N+](=O)[O-]. The zero-order chi connectivity index (χ0) is 14.4. The summed E-state index contributed by atoms with van der Waals surface area (Å²) in [4.78, 5) is 22.1. The molecule has 2 N–H and O–H groups in total. The van der Waals surface area contributed by atoms with E-state index in [0.717, 1.165) is 6.42 Å². The van der Waals surface area contributed by atoms with Crippen LogP contribution in [0.4, 0.5) is 5.69 Å². The lowest BCUT2D eigenvalue weighted by Crippen LogP contribution is -2.43. The first-order chi connectivity index (χ1) is 8.95. The van der Waals surface area contributed by atoms with Gasteiger partial charge in [0, 0.05) is 12.1 Å².